The van der Waals surface area contributed by atoms with Gasteiger partial charge < -0.3 is 0 Å². The Hall–Kier alpha value is -2.13. The molecule has 0 fully saturated rings. The molecule has 94 valence electrons. The third-order valence-corrected chi connectivity index (χ3v) is 3.28. The highest BCUT2D eigenvalue weighted by Gasteiger charge is 2.08. The molecule has 0 N–H and O–H groups in total. The Morgan fingerprint density at radius 3 is 2.53 bits per heavy atom. The van der Waals surface area contributed by atoms with Gasteiger partial charge in [-0.15, -0.1) is 0 Å². The van der Waals surface area contributed by atoms with E-state index in [9.17, 15) is 4.79 Å². The van der Waals surface area contributed by atoms with Crippen LogP contribution < -0.4 is 5.56 Å². The fourth-order valence-corrected chi connectivity index (χ4v) is 2.32. The SMILES string of the molecule is Cc1nn(-c2cccc(Cl)c2)c(=O)c2ccccc12. The van der Waals surface area contributed by atoms with Crippen LogP contribution in [0.5, 0.6) is 0 Å². The summed E-state index contributed by atoms with van der Waals surface area (Å²) in [6, 6.07) is 14.6. The van der Waals surface area contributed by atoms with E-state index in [1.807, 2.05) is 37.3 Å². The second kappa shape index (κ2) is 4.52. The topological polar surface area (TPSA) is 34.9 Å². The van der Waals surface area contributed by atoms with Crippen LogP contribution in [0.2, 0.25) is 5.02 Å². The Morgan fingerprint density at radius 2 is 1.79 bits per heavy atom. The molecule has 4 heteroatoms. The largest absolute Gasteiger partial charge is 0.279 e. The highest BCUT2D eigenvalue weighted by Crippen LogP contribution is 2.16. The van der Waals surface area contributed by atoms with Crippen molar-refractivity contribution in [2.45, 2.75) is 6.92 Å². The zero-order valence-corrected chi connectivity index (χ0v) is 11.1. The second-order valence-corrected chi connectivity index (χ2v) is 4.76. The molecule has 3 rings (SSSR count). The van der Waals surface area contributed by atoms with Crippen LogP contribution in [-0.4, -0.2) is 9.78 Å². The summed E-state index contributed by atoms with van der Waals surface area (Å²) in [6.07, 6.45) is 0. The van der Waals surface area contributed by atoms with Crippen molar-refractivity contribution in [3.8, 4) is 5.69 Å². The molecule has 0 spiro atoms. The summed E-state index contributed by atoms with van der Waals surface area (Å²) in [6.45, 7) is 1.89. The van der Waals surface area contributed by atoms with Crippen LogP contribution in [0.25, 0.3) is 16.5 Å². The summed E-state index contributed by atoms with van der Waals surface area (Å²) in [7, 11) is 0. The minimum Gasteiger partial charge on any atom is -0.267 e. The lowest BCUT2D eigenvalue weighted by atomic mass is 10.1. The predicted octanol–water partition coefficient (Wildman–Crippen LogP) is 3.35. The maximum absolute atomic E-state index is 12.4. The number of hydrogen-bond acceptors (Lipinski definition) is 2. The summed E-state index contributed by atoms with van der Waals surface area (Å²) < 4.78 is 1.39. The first-order valence-electron chi connectivity index (χ1n) is 5.91. The first kappa shape index (κ1) is 11.9. The molecule has 0 aliphatic heterocycles. The fourth-order valence-electron chi connectivity index (χ4n) is 2.13. The molecule has 1 aromatic heterocycles. The molecular weight excluding hydrogens is 260 g/mol. The van der Waals surface area contributed by atoms with Crippen molar-refractivity contribution in [3.05, 3.63) is 69.6 Å². The number of aryl methyl sites for hydroxylation is 1. The number of nitrogens with zero attached hydrogens (tertiary/aromatic N) is 2. The van der Waals surface area contributed by atoms with Crippen LogP contribution in [0.4, 0.5) is 0 Å². The minimum absolute atomic E-state index is 0.136. The van der Waals surface area contributed by atoms with Gasteiger partial charge in [0, 0.05) is 10.4 Å². The molecule has 0 aliphatic rings. The van der Waals surface area contributed by atoms with Gasteiger partial charge in [0.1, 0.15) is 0 Å². The van der Waals surface area contributed by atoms with E-state index in [4.69, 9.17) is 11.6 Å². The van der Waals surface area contributed by atoms with E-state index in [-0.39, 0.29) is 5.56 Å². The van der Waals surface area contributed by atoms with Crippen molar-refractivity contribution in [2.75, 3.05) is 0 Å². The molecule has 3 nitrogen and oxygen atoms in total. The zero-order valence-electron chi connectivity index (χ0n) is 10.3. The lowest BCUT2D eigenvalue weighted by molar-refractivity contribution is 0.801. The zero-order chi connectivity index (χ0) is 13.4. The fraction of sp³-hybridized carbons (Fsp3) is 0.0667. The van der Waals surface area contributed by atoms with Crippen LogP contribution in [0.1, 0.15) is 5.69 Å². The van der Waals surface area contributed by atoms with Gasteiger partial charge >= 0.3 is 0 Å². The number of benzene rings is 2. The first-order valence-corrected chi connectivity index (χ1v) is 6.29. The Morgan fingerprint density at radius 1 is 1.05 bits per heavy atom. The highest BCUT2D eigenvalue weighted by molar-refractivity contribution is 6.30. The van der Waals surface area contributed by atoms with Crippen molar-refractivity contribution in [2.24, 2.45) is 0 Å². The van der Waals surface area contributed by atoms with Crippen LogP contribution in [0, 0.1) is 6.92 Å². The Bertz CT molecular complexity index is 824. The van der Waals surface area contributed by atoms with Gasteiger partial charge in [-0.05, 0) is 31.2 Å². The van der Waals surface area contributed by atoms with Gasteiger partial charge in [0.05, 0.1) is 16.8 Å². The molecule has 0 aliphatic carbocycles. The van der Waals surface area contributed by atoms with Crippen LogP contribution in [0.3, 0.4) is 0 Å². The second-order valence-electron chi connectivity index (χ2n) is 4.33. The molecule has 19 heavy (non-hydrogen) atoms. The number of hydrogen-bond donors (Lipinski definition) is 0. The van der Waals surface area contributed by atoms with Crippen LogP contribution >= 0.6 is 11.6 Å². The normalized spacial score (nSPS) is 10.8. The van der Waals surface area contributed by atoms with E-state index in [0.29, 0.717) is 16.1 Å². The van der Waals surface area contributed by atoms with E-state index < -0.39 is 0 Å². The third kappa shape index (κ3) is 2.02. The van der Waals surface area contributed by atoms with Crippen molar-refractivity contribution in [1.29, 1.82) is 0 Å². The smallest absolute Gasteiger partial charge is 0.267 e. The van der Waals surface area contributed by atoms with Gasteiger partial charge in [0.2, 0.25) is 0 Å². The number of fused-ring (bicyclic) bond motifs is 1. The van der Waals surface area contributed by atoms with Gasteiger partial charge in [-0.25, -0.2) is 0 Å². The predicted molar refractivity (Wildman–Crippen MR) is 77.1 cm³/mol. The third-order valence-electron chi connectivity index (χ3n) is 3.04. The summed E-state index contributed by atoms with van der Waals surface area (Å²) in [5.41, 5.74) is 1.35. The molecule has 1 heterocycles. The summed E-state index contributed by atoms with van der Waals surface area (Å²) in [5, 5.41) is 6.48. The van der Waals surface area contributed by atoms with Gasteiger partial charge in [-0.2, -0.15) is 9.78 Å². The molecule has 3 aromatic rings. The van der Waals surface area contributed by atoms with Crippen molar-refractivity contribution in [1.82, 2.24) is 9.78 Å². The van der Waals surface area contributed by atoms with Crippen molar-refractivity contribution < 1.29 is 0 Å². The van der Waals surface area contributed by atoms with Gasteiger partial charge in [0.25, 0.3) is 5.56 Å². The highest BCUT2D eigenvalue weighted by atomic mass is 35.5. The molecule has 0 radical (unpaired) electrons. The molecular formula is C15H11ClN2O. The Kier molecular flexibility index (Phi) is 2.84. The minimum atomic E-state index is -0.136. The van der Waals surface area contributed by atoms with Crippen molar-refractivity contribution >= 4 is 22.4 Å². The Labute approximate surface area is 115 Å². The van der Waals surface area contributed by atoms with E-state index in [1.54, 1.807) is 18.2 Å². The summed E-state index contributed by atoms with van der Waals surface area (Å²) in [4.78, 5) is 12.4. The van der Waals surface area contributed by atoms with Crippen LogP contribution in [0.15, 0.2) is 53.3 Å². The number of rotatable bonds is 1. The average Bonchev–Trinajstić information content (AvgIpc) is 2.43. The lowest BCUT2D eigenvalue weighted by Crippen LogP contribution is -2.22. The molecule has 0 saturated heterocycles. The van der Waals surface area contributed by atoms with E-state index >= 15 is 0 Å². The standard InChI is InChI=1S/C15H11ClN2O/c1-10-13-7-2-3-8-14(13)15(19)18(17-10)12-6-4-5-11(16)9-12/h2-9H,1H3. The van der Waals surface area contributed by atoms with Gasteiger partial charge in [0.15, 0.2) is 0 Å². The van der Waals surface area contributed by atoms with Crippen LogP contribution in [-0.2, 0) is 0 Å². The molecule has 0 unspecified atom stereocenters. The van der Waals surface area contributed by atoms with E-state index in [1.165, 1.54) is 4.68 Å². The number of aromatic nitrogens is 2. The first-order chi connectivity index (χ1) is 9.16. The van der Waals surface area contributed by atoms with E-state index in [0.717, 1.165) is 11.1 Å². The average molecular weight is 271 g/mol. The maximum atomic E-state index is 12.4. The maximum Gasteiger partial charge on any atom is 0.279 e. The van der Waals surface area contributed by atoms with Crippen molar-refractivity contribution in [3.63, 3.8) is 0 Å². The Balaban J connectivity index is 2.37. The lowest BCUT2D eigenvalue weighted by Gasteiger charge is -2.08. The summed E-state index contributed by atoms with van der Waals surface area (Å²) >= 11 is 5.96. The molecule has 0 amide bonds. The molecule has 0 atom stereocenters. The quantitative estimate of drug-likeness (QED) is 0.680. The monoisotopic (exact) mass is 270 g/mol. The molecule has 0 saturated carbocycles. The van der Waals surface area contributed by atoms with Gasteiger partial charge in [-0.1, -0.05) is 35.9 Å². The van der Waals surface area contributed by atoms with E-state index in [2.05, 4.69) is 5.10 Å². The summed E-state index contributed by atoms with van der Waals surface area (Å²) in [5.74, 6) is 0. The number of halogens is 1. The van der Waals surface area contributed by atoms with Gasteiger partial charge in [-0.3, -0.25) is 4.79 Å². The molecule has 2 aromatic carbocycles. The molecule has 0 bridgehead atoms.